The normalized spacial score (nSPS) is 12.1. The molecule has 4 rings (SSSR count). The van der Waals surface area contributed by atoms with E-state index in [1.807, 2.05) is 13.8 Å². The van der Waals surface area contributed by atoms with Crippen molar-refractivity contribution in [3.8, 4) is 11.6 Å². The largest absolute Gasteiger partial charge is 0.479 e. The van der Waals surface area contributed by atoms with Gasteiger partial charge < -0.3 is 24.1 Å². The summed E-state index contributed by atoms with van der Waals surface area (Å²) in [6.07, 6.45) is 2.29. The summed E-state index contributed by atoms with van der Waals surface area (Å²) in [7, 11) is 4.49. The lowest BCUT2D eigenvalue weighted by molar-refractivity contribution is 0.0516. The van der Waals surface area contributed by atoms with Crippen molar-refractivity contribution in [1.29, 1.82) is 0 Å². The lowest BCUT2D eigenvalue weighted by atomic mass is 9.92. The number of hydrogen-bond acceptors (Lipinski definition) is 10. The molecule has 3 heterocycles. The van der Waals surface area contributed by atoms with E-state index in [0.29, 0.717) is 26.9 Å². The monoisotopic (exact) mass is 699 g/mol. The number of anilines is 2. The third-order valence-corrected chi connectivity index (χ3v) is 7.49. The van der Waals surface area contributed by atoms with E-state index < -0.39 is 23.7 Å². The predicted molar refractivity (Wildman–Crippen MR) is 184 cm³/mol. The molecule has 3 aromatic heterocycles. The Hall–Kier alpha value is -4.62. The predicted octanol–water partition coefficient (Wildman–Crippen LogP) is 6.55. The summed E-state index contributed by atoms with van der Waals surface area (Å²) in [4.78, 5) is 49.7. The quantitative estimate of drug-likeness (QED) is 0.181. The number of ether oxygens (including phenoxy) is 3. The fraction of sp³-hybridized carbons (Fsp3) is 0.394. The molecule has 0 saturated carbocycles. The fourth-order valence-electron chi connectivity index (χ4n) is 4.94. The van der Waals surface area contributed by atoms with Gasteiger partial charge in [0.15, 0.2) is 5.69 Å². The van der Waals surface area contributed by atoms with Crippen LogP contribution in [0.4, 0.5) is 16.4 Å². The second-order valence-corrected chi connectivity index (χ2v) is 13.0. The number of pyridine rings is 1. The highest BCUT2D eigenvalue weighted by Gasteiger charge is 2.34. The number of aromatic nitrogens is 5. The molecule has 1 aromatic carbocycles. The Morgan fingerprint density at radius 1 is 1.10 bits per heavy atom. The van der Waals surface area contributed by atoms with Crippen LogP contribution in [0.5, 0.6) is 5.88 Å². The molecule has 0 aliphatic rings. The average Bonchev–Trinajstić information content (AvgIpc) is 3.42. The zero-order chi connectivity index (χ0) is 35.5. The minimum Gasteiger partial charge on any atom is -0.479 e. The first-order valence-corrected chi connectivity index (χ1v) is 15.9. The lowest BCUT2D eigenvalue weighted by Gasteiger charge is -2.24. The van der Waals surface area contributed by atoms with Crippen LogP contribution in [0.25, 0.3) is 5.69 Å². The second kappa shape index (κ2) is 14.7. The van der Waals surface area contributed by atoms with Crippen LogP contribution >= 0.6 is 23.2 Å². The first-order chi connectivity index (χ1) is 22.6. The molecule has 0 aliphatic heterocycles. The molecule has 1 N–H and O–H groups in total. The minimum atomic E-state index is -0.816. The summed E-state index contributed by atoms with van der Waals surface area (Å²) >= 11 is 12.6. The van der Waals surface area contributed by atoms with Crippen LogP contribution in [0.1, 0.15) is 80.8 Å². The van der Waals surface area contributed by atoms with Gasteiger partial charge in [0.2, 0.25) is 11.8 Å². The highest BCUT2D eigenvalue weighted by Crippen LogP contribution is 2.38. The van der Waals surface area contributed by atoms with E-state index in [-0.39, 0.29) is 47.0 Å². The molecule has 0 fully saturated rings. The summed E-state index contributed by atoms with van der Waals surface area (Å²) in [5.74, 6) is -0.856. The molecule has 256 valence electrons. The molecule has 15 heteroatoms. The maximum Gasteiger partial charge on any atom is 0.416 e. The first kappa shape index (κ1) is 36.2. The SMILES string of the molecule is CCOC(=O)c1nn(-c2cnc(N(C)C(=O)OC(C)(C)C)nc2OC)c(C(C)C)c1C(Nc1cc(Cl)cn(C)c1=O)c1ccc(Cl)cc1. The maximum atomic E-state index is 13.6. The number of nitrogens with one attached hydrogen (secondary N) is 1. The molecule has 4 aromatic rings. The molecule has 0 bridgehead atoms. The Bertz CT molecular complexity index is 1870. The zero-order valence-corrected chi connectivity index (χ0v) is 29.8. The van der Waals surface area contributed by atoms with Gasteiger partial charge in [-0.25, -0.2) is 24.2 Å². The Labute approximate surface area is 288 Å². The number of aryl methyl sites for hydroxylation is 1. The molecule has 0 aliphatic carbocycles. The van der Waals surface area contributed by atoms with Gasteiger partial charge >= 0.3 is 12.1 Å². The van der Waals surface area contributed by atoms with Gasteiger partial charge in [0.25, 0.3) is 5.56 Å². The number of nitrogens with zero attached hydrogens (tertiary/aromatic N) is 6. The summed E-state index contributed by atoms with van der Waals surface area (Å²) in [6, 6.07) is 7.70. The van der Waals surface area contributed by atoms with Crippen molar-refractivity contribution in [1.82, 2.24) is 24.3 Å². The smallest absolute Gasteiger partial charge is 0.416 e. The van der Waals surface area contributed by atoms with Crippen molar-refractivity contribution in [3.63, 3.8) is 0 Å². The van der Waals surface area contributed by atoms with Crippen LogP contribution in [-0.2, 0) is 16.5 Å². The van der Waals surface area contributed by atoms with Gasteiger partial charge in [0.1, 0.15) is 17.0 Å². The summed E-state index contributed by atoms with van der Waals surface area (Å²) in [6.45, 7) is 10.9. The molecule has 0 radical (unpaired) electrons. The van der Waals surface area contributed by atoms with Crippen molar-refractivity contribution in [2.75, 3.05) is 31.0 Å². The van der Waals surface area contributed by atoms with Gasteiger partial charge in [-0.15, -0.1) is 0 Å². The number of methoxy groups -OCH3 is 1. The number of benzene rings is 1. The number of carbonyl (C=O) groups is 2. The van der Waals surface area contributed by atoms with Gasteiger partial charge in [0, 0.05) is 30.9 Å². The van der Waals surface area contributed by atoms with E-state index in [4.69, 9.17) is 42.5 Å². The number of halogens is 2. The van der Waals surface area contributed by atoms with Crippen LogP contribution in [0.3, 0.4) is 0 Å². The Morgan fingerprint density at radius 3 is 2.35 bits per heavy atom. The van der Waals surface area contributed by atoms with E-state index in [9.17, 15) is 14.4 Å². The number of esters is 1. The molecule has 0 spiro atoms. The maximum absolute atomic E-state index is 13.6. The third kappa shape index (κ3) is 7.91. The molecule has 1 amide bonds. The van der Waals surface area contributed by atoms with Crippen LogP contribution in [-0.4, -0.2) is 62.7 Å². The number of rotatable bonds is 10. The Kier molecular flexibility index (Phi) is 11.1. The van der Waals surface area contributed by atoms with E-state index >= 15 is 0 Å². The first-order valence-electron chi connectivity index (χ1n) is 15.1. The summed E-state index contributed by atoms with van der Waals surface area (Å²) in [5.41, 5.74) is 1.07. The molecule has 1 unspecified atom stereocenters. The van der Waals surface area contributed by atoms with Crippen molar-refractivity contribution in [2.45, 2.75) is 59.1 Å². The number of amides is 1. The van der Waals surface area contributed by atoms with Gasteiger partial charge in [-0.05, 0) is 57.4 Å². The van der Waals surface area contributed by atoms with E-state index in [1.54, 1.807) is 59.0 Å². The minimum absolute atomic E-state index is 0.0103. The van der Waals surface area contributed by atoms with Gasteiger partial charge in [0.05, 0.1) is 36.7 Å². The highest BCUT2D eigenvalue weighted by atomic mass is 35.5. The average molecular weight is 701 g/mol. The second-order valence-electron chi connectivity index (χ2n) is 12.2. The van der Waals surface area contributed by atoms with Crippen molar-refractivity contribution in [3.05, 3.63) is 85.6 Å². The van der Waals surface area contributed by atoms with Gasteiger partial charge in [-0.3, -0.25) is 4.79 Å². The number of carbonyl (C=O) groups excluding carboxylic acids is 2. The van der Waals surface area contributed by atoms with Gasteiger partial charge in [-0.1, -0.05) is 49.2 Å². The van der Waals surface area contributed by atoms with Gasteiger partial charge in [-0.2, -0.15) is 10.1 Å². The Balaban J connectivity index is 2.00. The molecular weight excluding hydrogens is 661 g/mol. The standard InChI is InChI=1S/C33H39Cl2N7O6/c1-10-47-30(44)26-24(25(19-11-13-20(34)14-12-19)37-22-15-21(35)17-40(7)29(22)43)27(18(2)3)42(39-26)23-16-36-31(38-28(23)46-9)41(8)32(45)48-33(4,5)6/h11-18,25,37H,10H2,1-9H3. The number of hydrogen-bond donors (Lipinski definition) is 1. The lowest BCUT2D eigenvalue weighted by Crippen LogP contribution is -2.35. The van der Waals surface area contributed by atoms with Crippen molar-refractivity contribution < 1.29 is 23.8 Å². The zero-order valence-electron chi connectivity index (χ0n) is 28.3. The van der Waals surface area contributed by atoms with Crippen LogP contribution in [0.15, 0.2) is 47.5 Å². The highest BCUT2D eigenvalue weighted by molar-refractivity contribution is 6.31. The van der Waals surface area contributed by atoms with Crippen LogP contribution in [0, 0.1) is 0 Å². The fourth-order valence-corrected chi connectivity index (χ4v) is 5.33. The summed E-state index contributed by atoms with van der Waals surface area (Å²) in [5, 5.41) is 8.90. The van der Waals surface area contributed by atoms with Crippen LogP contribution in [0.2, 0.25) is 10.0 Å². The van der Waals surface area contributed by atoms with Crippen molar-refractivity contribution >= 4 is 46.9 Å². The molecule has 1 atom stereocenters. The van der Waals surface area contributed by atoms with Crippen LogP contribution < -0.4 is 20.5 Å². The molecule has 13 nitrogen and oxygen atoms in total. The topological polar surface area (TPSA) is 143 Å². The molecule has 48 heavy (non-hydrogen) atoms. The third-order valence-electron chi connectivity index (χ3n) is 7.03. The van der Waals surface area contributed by atoms with E-state index in [2.05, 4.69) is 15.3 Å². The summed E-state index contributed by atoms with van der Waals surface area (Å²) < 4.78 is 19.5. The van der Waals surface area contributed by atoms with Crippen molar-refractivity contribution in [2.24, 2.45) is 7.05 Å². The van der Waals surface area contributed by atoms with E-state index in [0.717, 1.165) is 4.90 Å². The molecule has 0 saturated heterocycles. The van der Waals surface area contributed by atoms with E-state index in [1.165, 1.54) is 41.9 Å². The molecular formula is C33H39Cl2N7O6. The Morgan fingerprint density at radius 2 is 1.77 bits per heavy atom.